The van der Waals surface area contributed by atoms with Gasteiger partial charge in [0.25, 0.3) is 0 Å². The SMILES string of the molecule is CCCCCCCCC=CCCCCCCCC(=O)O.CCCCCCCCC=CCCCCCCCC(=O)OCCOCCO. The van der Waals surface area contributed by atoms with E-state index < -0.39 is 5.97 Å². The highest BCUT2D eigenvalue weighted by atomic mass is 16.6. The van der Waals surface area contributed by atoms with Crippen molar-refractivity contribution in [3.05, 3.63) is 24.3 Å². The first kappa shape index (κ1) is 46.5. The molecule has 0 spiro atoms. The van der Waals surface area contributed by atoms with Gasteiger partial charge in [0.15, 0.2) is 0 Å². The van der Waals surface area contributed by atoms with Crippen LogP contribution < -0.4 is 0 Å². The zero-order valence-corrected chi connectivity index (χ0v) is 30.5. The molecule has 0 saturated carbocycles. The number of carbonyl (C=O) groups excluding carboxylic acids is 1. The molecule has 272 valence electrons. The number of aliphatic hydroxyl groups excluding tert-OH is 1. The molecular formula is C40H76O6. The third kappa shape index (κ3) is 46.8. The van der Waals surface area contributed by atoms with E-state index in [0.717, 1.165) is 25.7 Å². The van der Waals surface area contributed by atoms with E-state index >= 15 is 0 Å². The van der Waals surface area contributed by atoms with Crippen molar-refractivity contribution in [3.63, 3.8) is 0 Å². The molecule has 2 N–H and O–H groups in total. The summed E-state index contributed by atoms with van der Waals surface area (Å²) in [6.07, 6.45) is 42.7. The lowest BCUT2D eigenvalue weighted by Gasteiger charge is -2.05. The van der Waals surface area contributed by atoms with Gasteiger partial charge in [-0.3, -0.25) is 9.59 Å². The number of esters is 1. The summed E-state index contributed by atoms with van der Waals surface area (Å²) in [4.78, 5) is 21.8. The second kappa shape index (κ2) is 43.3. The molecule has 0 bridgehead atoms. The predicted octanol–water partition coefficient (Wildman–Crippen LogP) is 11.7. The van der Waals surface area contributed by atoms with E-state index in [1.165, 1.54) is 141 Å². The summed E-state index contributed by atoms with van der Waals surface area (Å²) in [5.74, 6) is -0.808. The first-order chi connectivity index (χ1) is 22.6. The summed E-state index contributed by atoms with van der Waals surface area (Å²) in [6, 6.07) is 0. The molecule has 0 aliphatic heterocycles. The maximum Gasteiger partial charge on any atom is 0.305 e. The fourth-order valence-electron chi connectivity index (χ4n) is 5.14. The van der Waals surface area contributed by atoms with Crippen molar-refractivity contribution < 1.29 is 29.3 Å². The Bertz CT molecular complexity index is 660. The Morgan fingerprint density at radius 3 is 1.24 bits per heavy atom. The lowest BCUT2D eigenvalue weighted by molar-refractivity contribution is -0.145. The normalized spacial score (nSPS) is 11.3. The topological polar surface area (TPSA) is 93.1 Å². The minimum Gasteiger partial charge on any atom is -0.481 e. The number of ether oxygens (including phenoxy) is 2. The van der Waals surface area contributed by atoms with Gasteiger partial charge in [-0.05, 0) is 64.2 Å². The Morgan fingerprint density at radius 1 is 0.478 bits per heavy atom. The van der Waals surface area contributed by atoms with E-state index in [0.29, 0.717) is 26.1 Å². The van der Waals surface area contributed by atoms with Crippen molar-refractivity contribution >= 4 is 11.9 Å². The van der Waals surface area contributed by atoms with Crippen molar-refractivity contribution in [2.45, 2.75) is 194 Å². The highest BCUT2D eigenvalue weighted by Gasteiger charge is 2.02. The summed E-state index contributed by atoms with van der Waals surface area (Å²) in [5, 5.41) is 17.0. The molecule has 0 aromatic rings. The number of rotatable bonds is 35. The Hall–Kier alpha value is -1.66. The maximum absolute atomic E-state index is 11.5. The average Bonchev–Trinajstić information content (AvgIpc) is 3.04. The van der Waals surface area contributed by atoms with Gasteiger partial charge in [0.1, 0.15) is 6.61 Å². The average molecular weight is 653 g/mol. The molecule has 0 aliphatic carbocycles. The third-order valence-electron chi connectivity index (χ3n) is 8.02. The standard InChI is InChI=1S/C22H42O4.C18H34O2/c1-2-3-4-5-6-7-8-9-10-11-12-13-14-15-16-17-22(24)26-21-20-25-19-18-23;1-2-3-4-5-6-7-8-9-10-11-12-13-14-15-16-17-18(19)20/h9-10,23H,2-8,11-21H2,1H3;9-10H,2-8,11-17H2,1H3,(H,19,20). The molecular weight excluding hydrogens is 576 g/mol. The molecule has 0 radical (unpaired) electrons. The number of carboxylic acid groups (broad SMARTS) is 1. The minimum absolute atomic E-state index is 0.00284. The van der Waals surface area contributed by atoms with Crippen molar-refractivity contribution in [1.82, 2.24) is 0 Å². The Balaban J connectivity index is 0. The lowest BCUT2D eigenvalue weighted by atomic mass is 10.1. The van der Waals surface area contributed by atoms with E-state index in [4.69, 9.17) is 19.7 Å². The van der Waals surface area contributed by atoms with E-state index in [1.807, 2.05) is 0 Å². The highest BCUT2D eigenvalue weighted by Crippen LogP contribution is 2.11. The van der Waals surface area contributed by atoms with Gasteiger partial charge in [0, 0.05) is 12.8 Å². The van der Waals surface area contributed by atoms with E-state index in [9.17, 15) is 9.59 Å². The van der Waals surface area contributed by atoms with Gasteiger partial charge < -0.3 is 19.7 Å². The number of allylic oxidation sites excluding steroid dienone is 4. The Labute approximate surface area is 285 Å². The van der Waals surface area contributed by atoms with Crippen molar-refractivity contribution in [2.24, 2.45) is 0 Å². The summed E-state index contributed by atoms with van der Waals surface area (Å²) >= 11 is 0. The van der Waals surface area contributed by atoms with E-state index in [1.54, 1.807) is 0 Å². The largest absolute Gasteiger partial charge is 0.481 e. The molecule has 0 aliphatic rings. The van der Waals surface area contributed by atoms with Gasteiger partial charge in [-0.15, -0.1) is 0 Å². The fraction of sp³-hybridized carbons (Fsp3) is 0.850. The quantitative estimate of drug-likeness (QED) is 0.0402. The number of aliphatic carboxylic acids is 1. The Kier molecular flexibility index (Phi) is 43.8. The second-order valence-corrected chi connectivity index (χ2v) is 12.6. The van der Waals surface area contributed by atoms with Gasteiger partial charge in [0.05, 0.1) is 19.8 Å². The van der Waals surface area contributed by atoms with Crippen LogP contribution in [0.2, 0.25) is 0 Å². The monoisotopic (exact) mass is 653 g/mol. The minimum atomic E-state index is -0.664. The van der Waals surface area contributed by atoms with Crippen LogP contribution in [0.25, 0.3) is 0 Å². The zero-order chi connectivity index (χ0) is 34.0. The molecule has 0 atom stereocenters. The van der Waals surface area contributed by atoms with Crippen LogP contribution in [0.3, 0.4) is 0 Å². The van der Waals surface area contributed by atoms with Crippen molar-refractivity contribution in [1.29, 1.82) is 0 Å². The van der Waals surface area contributed by atoms with Crippen LogP contribution in [0.15, 0.2) is 24.3 Å². The summed E-state index contributed by atoms with van der Waals surface area (Å²) < 4.78 is 10.1. The molecule has 6 heteroatoms. The van der Waals surface area contributed by atoms with Gasteiger partial charge in [0.2, 0.25) is 0 Å². The number of hydrogen-bond acceptors (Lipinski definition) is 5. The zero-order valence-electron chi connectivity index (χ0n) is 30.5. The van der Waals surface area contributed by atoms with E-state index in [2.05, 4.69) is 38.2 Å². The van der Waals surface area contributed by atoms with E-state index in [-0.39, 0.29) is 19.2 Å². The van der Waals surface area contributed by atoms with Gasteiger partial charge in [-0.2, -0.15) is 0 Å². The van der Waals surface area contributed by atoms with Crippen LogP contribution in [-0.4, -0.2) is 48.6 Å². The van der Waals surface area contributed by atoms with Gasteiger partial charge >= 0.3 is 11.9 Å². The predicted molar refractivity (Wildman–Crippen MR) is 195 cm³/mol. The molecule has 0 unspecified atom stereocenters. The number of carboxylic acids is 1. The van der Waals surface area contributed by atoms with Gasteiger partial charge in [-0.25, -0.2) is 0 Å². The molecule has 0 heterocycles. The van der Waals surface area contributed by atoms with Crippen LogP contribution in [-0.2, 0) is 19.1 Å². The fourth-order valence-corrected chi connectivity index (χ4v) is 5.14. The van der Waals surface area contributed by atoms with Crippen molar-refractivity contribution in [2.75, 3.05) is 26.4 Å². The maximum atomic E-state index is 11.5. The van der Waals surface area contributed by atoms with Crippen LogP contribution in [0.5, 0.6) is 0 Å². The number of carbonyl (C=O) groups is 2. The van der Waals surface area contributed by atoms with Crippen LogP contribution in [0, 0.1) is 0 Å². The molecule has 0 amide bonds. The summed E-state index contributed by atoms with van der Waals surface area (Å²) in [5.41, 5.74) is 0. The van der Waals surface area contributed by atoms with Gasteiger partial charge in [-0.1, -0.05) is 141 Å². The van der Waals surface area contributed by atoms with Crippen molar-refractivity contribution in [3.8, 4) is 0 Å². The molecule has 0 fully saturated rings. The summed E-state index contributed by atoms with van der Waals surface area (Å²) in [7, 11) is 0. The second-order valence-electron chi connectivity index (χ2n) is 12.6. The molecule has 0 aromatic carbocycles. The molecule has 0 saturated heterocycles. The number of aliphatic hydroxyl groups is 1. The van der Waals surface area contributed by atoms with Crippen LogP contribution >= 0.6 is 0 Å². The first-order valence-electron chi connectivity index (χ1n) is 19.4. The first-order valence-corrected chi connectivity index (χ1v) is 19.4. The Morgan fingerprint density at radius 2 is 0.848 bits per heavy atom. The third-order valence-corrected chi connectivity index (χ3v) is 8.02. The molecule has 46 heavy (non-hydrogen) atoms. The van der Waals surface area contributed by atoms with Crippen LogP contribution in [0.4, 0.5) is 0 Å². The van der Waals surface area contributed by atoms with Crippen LogP contribution in [0.1, 0.15) is 194 Å². The molecule has 6 nitrogen and oxygen atoms in total. The summed E-state index contributed by atoms with van der Waals surface area (Å²) in [6.45, 7) is 5.46. The molecule has 0 rings (SSSR count). The number of unbranched alkanes of at least 4 members (excludes halogenated alkanes) is 22. The lowest BCUT2D eigenvalue weighted by Crippen LogP contribution is -2.11. The molecule has 0 aromatic heterocycles. The smallest absolute Gasteiger partial charge is 0.305 e. The number of hydrogen-bond donors (Lipinski definition) is 2. The highest BCUT2D eigenvalue weighted by molar-refractivity contribution is 5.69.